The van der Waals surface area contributed by atoms with Crippen molar-refractivity contribution in [2.75, 3.05) is 0 Å². The molecule has 0 amide bonds. The molecule has 90 valence electrons. The normalized spacial score (nSPS) is 10.9. The molecule has 0 saturated carbocycles. The van der Waals surface area contributed by atoms with Gasteiger partial charge in [0.25, 0.3) is 0 Å². The van der Waals surface area contributed by atoms with Crippen molar-refractivity contribution < 1.29 is 4.79 Å². The first-order chi connectivity index (χ1) is 8.74. The van der Waals surface area contributed by atoms with Crippen LogP contribution in [0.2, 0.25) is 0 Å². The van der Waals surface area contributed by atoms with E-state index in [-0.39, 0.29) is 5.78 Å². The lowest BCUT2D eigenvalue weighted by Gasteiger charge is -1.97. The third-order valence-electron chi connectivity index (χ3n) is 2.85. The summed E-state index contributed by atoms with van der Waals surface area (Å²) in [5.74, 6) is 0.0594. The molecular weight excluding hydrogens is 228 g/mol. The van der Waals surface area contributed by atoms with Crippen LogP contribution in [-0.4, -0.2) is 25.2 Å². The van der Waals surface area contributed by atoms with Crippen LogP contribution in [0.3, 0.4) is 0 Å². The fourth-order valence-electron chi connectivity index (χ4n) is 1.99. The number of carbonyl (C=O) groups is 1. The summed E-state index contributed by atoms with van der Waals surface area (Å²) < 4.78 is 3.40. The van der Waals surface area contributed by atoms with Crippen LogP contribution >= 0.6 is 0 Å². The Labute approximate surface area is 104 Å². The Hall–Kier alpha value is -2.43. The molecule has 0 unspecified atom stereocenters. The van der Waals surface area contributed by atoms with E-state index >= 15 is 0 Å². The number of aromatic nitrogens is 4. The third-order valence-corrected chi connectivity index (χ3v) is 2.85. The van der Waals surface area contributed by atoms with Gasteiger partial charge in [-0.25, -0.2) is 4.52 Å². The van der Waals surface area contributed by atoms with Gasteiger partial charge in [-0.1, -0.05) is 6.07 Å². The Balaban J connectivity index is 1.92. The van der Waals surface area contributed by atoms with Gasteiger partial charge in [0.05, 0.1) is 23.5 Å². The van der Waals surface area contributed by atoms with Crippen LogP contribution in [0.25, 0.3) is 5.52 Å². The molecule has 3 heterocycles. The number of aryl methyl sites for hydroxylation is 1. The van der Waals surface area contributed by atoms with Crippen molar-refractivity contribution in [1.29, 1.82) is 0 Å². The first-order valence-electron chi connectivity index (χ1n) is 5.67. The first kappa shape index (κ1) is 10.7. The van der Waals surface area contributed by atoms with Gasteiger partial charge >= 0.3 is 0 Å². The van der Waals surface area contributed by atoms with Gasteiger partial charge < -0.3 is 0 Å². The summed E-state index contributed by atoms with van der Waals surface area (Å²) in [7, 11) is 1.84. The van der Waals surface area contributed by atoms with Gasteiger partial charge in [0.1, 0.15) is 0 Å². The summed E-state index contributed by atoms with van der Waals surface area (Å²) >= 11 is 0. The van der Waals surface area contributed by atoms with Crippen molar-refractivity contribution in [3.05, 3.63) is 54.1 Å². The number of carbonyl (C=O) groups excluding carboxylic acids is 1. The molecule has 0 radical (unpaired) electrons. The third kappa shape index (κ3) is 1.79. The highest BCUT2D eigenvalue weighted by Crippen LogP contribution is 2.13. The summed E-state index contributed by atoms with van der Waals surface area (Å²) in [6.45, 7) is 0. The summed E-state index contributed by atoms with van der Waals surface area (Å²) in [5.41, 5.74) is 2.41. The quantitative estimate of drug-likeness (QED) is 0.652. The fraction of sp³-hybridized carbons (Fsp3) is 0.154. The summed E-state index contributed by atoms with van der Waals surface area (Å²) in [4.78, 5) is 12.2. The van der Waals surface area contributed by atoms with Crippen LogP contribution in [0.5, 0.6) is 0 Å². The lowest BCUT2D eigenvalue weighted by molar-refractivity contribution is 0.0994. The van der Waals surface area contributed by atoms with Gasteiger partial charge in [-0.2, -0.15) is 10.2 Å². The number of rotatable bonds is 3. The lowest BCUT2D eigenvalue weighted by atomic mass is 10.1. The smallest absolute Gasteiger partial charge is 0.171 e. The Bertz CT molecular complexity index is 710. The van der Waals surface area contributed by atoms with E-state index in [1.54, 1.807) is 21.6 Å². The Kier molecular flexibility index (Phi) is 2.44. The van der Waals surface area contributed by atoms with Gasteiger partial charge in [0.2, 0.25) is 0 Å². The Morgan fingerprint density at radius 1 is 1.28 bits per heavy atom. The number of hydrogen-bond acceptors (Lipinski definition) is 3. The molecular formula is C13H12N4O. The number of fused-ring (bicyclic) bond motifs is 1. The van der Waals surface area contributed by atoms with E-state index in [0.29, 0.717) is 12.0 Å². The fourth-order valence-corrected chi connectivity index (χ4v) is 1.99. The topological polar surface area (TPSA) is 52.2 Å². The van der Waals surface area contributed by atoms with Gasteiger partial charge in [0.15, 0.2) is 5.78 Å². The lowest BCUT2D eigenvalue weighted by Crippen LogP contribution is -2.02. The highest BCUT2D eigenvalue weighted by atomic mass is 16.1. The highest BCUT2D eigenvalue weighted by Gasteiger charge is 2.13. The van der Waals surface area contributed by atoms with E-state index in [0.717, 1.165) is 11.1 Å². The Morgan fingerprint density at radius 2 is 2.17 bits per heavy atom. The zero-order valence-corrected chi connectivity index (χ0v) is 9.95. The predicted molar refractivity (Wildman–Crippen MR) is 66.4 cm³/mol. The molecule has 18 heavy (non-hydrogen) atoms. The van der Waals surface area contributed by atoms with Crippen LogP contribution in [0.1, 0.15) is 15.9 Å². The molecule has 0 aliphatic carbocycles. The molecule has 3 aromatic rings. The number of Topliss-reactive ketones (excluding diaryl/α,β-unsaturated/α-hetero) is 1. The molecule has 0 N–H and O–H groups in total. The molecule has 0 aliphatic heterocycles. The summed E-state index contributed by atoms with van der Waals surface area (Å²) in [5, 5.41) is 8.22. The van der Waals surface area contributed by atoms with E-state index in [1.807, 2.05) is 37.6 Å². The van der Waals surface area contributed by atoms with E-state index in [1.165, 1.54) is 0 Å². The standard InChI is InChI=1S/C13H12N4O/c1-16-9-10(7-14-16)6-13(18)11-8-15-17-5-3-2-4-12(11)17/h2-5,7-9H,6H2,1H3. The largest absolute Gasteiger partial charge is 0.294 e. The molecule has 0 saturated heterocycles. The second kappa shape index (κ2) is 4.10. The zero-order chi connectivity index (χ0) is 12.5. The molecule has 0 atom stereocenters. The second-order valence-electron chi connectivity index (χ2n) is 4.21. The van der Waals surface area contributed by atoms with Crippen LogP contribution in [0.15, 0.2) is 43.0 Å². The SMILES string of the molecule is Cn1cc(CC(=O)c2cnn3ccccc23)cn1. The molecule has 3 aromatic heterocycles. The van der Waals surface area contributed by atoms with Crippen LogP contribution < -0.4 is 0 Å². The molecule has 0 fully saturated rings. The van der Waals surface area contributed by atoms with Gasteiger partial charge in [0, 0.05) is 25.9 Å². The van der Waals surface area contributed by atoms with Crippen molar-refractivity contribution in [3.8, 4) is 0 Å². The van der Waals surface area contributed by atoms with Gasteiger partial charge in [-0.3, -0.25) is 9.48 Å². The van der Waals surface area contributed by atoms with Crippen LogP contribution in [0.4, 0.5) is 0 Å². The number of nitrogens with zero attached hydrogens (tertiary/aromatic N) is 4. The van der Waals surface area contributed by atoms with E-state index in [2.05, 4.69) is 10.2 Å². The number of pyridine rings is 1. The maximum absolute atomic E-state index is 12.2. The summed E-state index contributed by atoms with van der Waals surface area (Å²) in [6.07, 6.45) is 7.36. The molecule has 0 spiro atoms. The van der Waals surface area contributed by atoms with Crippen molar-refractivity contribution in [2.24, 2.45) is 7.05 Å². The van der Waals surface area contributed by atoms with E-state index in [4.69, 9.17) is 0 Å². The minimum absolute atomic E-state index is 0.0594. The molecule has 3 rings (SSSR count). The minimum atomic E-state index is 0.0594. The molecule has 0 aromatic carbocycles. The first-order valence-corrected chi connectivity index (χ1v) is 5.67. The average Bonchev–Trinajstić information content (AvgIpc) is 2.95. The molecule has 5 heteroatoms. The monoisotopic (exact) mass is 240 g/mol. The maximum Gasteiger partial charge on any atom is 0.171 e. The van der Waals surface area contributed by atoms with Crippen molar-refractivity contribution in [1.82, 2.24) is 19.4 Å². The van der Waals surface area contributed by atoms with Crippen LogP contribution in [0, 0.1) is 0 Å². The average molecular weight is 240 g/mol. The second-order valence-corrected chi connectivity index (χ2v) is 4.21. The van der Waals surface area contributed by atoms with Crippen molar-refractivity contribution >= 4 is 11.3 Å². The number of ketones is 1. The molecule has 0 bridgehead atoms. The Morgan fingerprint density at radius 3 is 2.94 bits per heavy atom. The molecule has 5 nitrogen and oxygen atoms in total. The van der Waals surface area contributed by atoms with E-state index in [9.17, 15) is 4.79 Å². The predicted octanol–water partition coefficient (Wildman–Crippen LogP) is 1.49. The van der Waals surface area contributed by atoms with Gasteiger partial charge in [-0.05, 0) is 17.7 Å². The van der Waals surface area contributed by atoms with E-state index < -0.39 is 0 Å². The number of hydrogen-bond donors (Lipinski definition) is 0. The zero-order valence-electron chi connectivity index (χ0n) is 9.95. The van der Waals surface area contributed by atoms with Gasteiger partial charge in [-0.15, -0.1) is 0 Å². The highest BCUT2D eigenvalue weighted by molar-refractivity contribution is 6.03. The van der Waals surface area contributed by atoms with Crippen molar-refractivity contribution in [3.63, 3.8) is 0 Å². The van der Waals surface area contributed by atoms with Crippen molar-refractivity contribution in [2.45, 2.75) is 6.42 Å². The maximum atomic E-state index is 12.2. The summed E-state index contributed by atoms with van der Waals surface area (Å²) in [6, 6.07) is 5.68. The minimum Gasteiger partial charge on any atom is -0.294 e. The van der Waals surface area contributed by atoms with Crippen LogP contribution in [-0.2, 0) is 13.5 Å². The molecule has 0 aliphatic rings.